The summed E-state index contributed by atoms with van der Waals surface area (Å²) in [5.74, 6) is -0.0261. The number of carbonyl (C=O) groups is 2. The first-order valence-electron chi connectivity index (χ1n) is 20.3. The third-order valence-corrected chi connectivity index (χ3v) is 9.20. The summed E-state index contributed by atoms with van der Waals surface area (Å²) in [6, 6.07) is 0. The maximum atomic E-state index is 12.6. The molecule has 0 amide bonds. The average molecular weight is 654 g/mol. The molecule has 0 fully saturated rings. The van der Waals surface area contributed by atoms with Crippen molar-refractivity contribution >= 4 is 11.9 Å². The summed E-state index contributed by atoms with van der Waals surface area (Å²) in [6.07, 6.45) is 32.8. The van der Waals surface area contributed by atoms with Gasteiger partial charge in [-0.15, -0.1) is 0 Å². The SMILES string of the molecule is CCCCCCCCC(CCCCCCC)OC(=O)CCCCCCCN(CCO)CCCCCCCOC(=O)CCCCCC. The van der Waals surface area contributed by atoms with E-state index in [-0.39, 0.29) is 24.6 Å². The standard InChI is InChI=1S/C40H79NO5/c1-4-7-10-13-17-23-30-38(29-22-16-11-8-5-2)46-40(44)32-25-18-14-19-26-33-41(35-36-42)34-27-20-15-21-28-37-45-39(43)31-24-12-9-6-3/h38,42H,4-37H2,1-3H3. The Labute approximate surface area is 286 Å². The van der Waals surface area contributed by atoms with E-state index in [0.29, 0.717) is 19.4 Å². The minimum absolute atomic E-state index is 0.0116. The summed E-state index contributed by atoms with van der Waals surface area (Å²) in [6.45, 7) is 10.3. The predicted molar refractivity (Wildman–Crippen MR) is 195 cm³/mol. The lowest BCUT2D eigenvalue weighted by atomic mass is 10.0. The zero-order valence-corrected chi connectivity index (χ0v) is 31.1. The van der Waals surface area contributed by atoms with Crippen molar-refractivity contribution in [3.8, 4) is 0 Å². The second-order valence-corrected chi connectivity index (χ2v) is 13.8. The molecular formula is C40H79NO5. The van der Waals surface area contributed by atoms with Gasteiger partial charge in [-0.2, -0.15) is 0 Å². The highest BCUT2D eigenvalue weighted by atomic mass is 16.5. The highest BCUT2D eigenvalue weighted by Gasteiger charge is 2.14. The van der Waals surface area contributed by atoms with Gasteiger partial charge in [0.15, 0.2) is 0 Å². The molecule has 46 heavy (non-hydrogen) atoms. The topological polar surface area (TPSA) is 76.1 Å². The number of unbranched alkanes of at least 4 members (excludes halogenated alkanes) is 20. The first-order chi connectivity index (χ1) is 22.6. The van der Waals surface area contributed by atoms with Gasteiger partial charge in [0.1, 0.15) is 6.10 Å². The normalized spacial score (nSPS) is 12.1. The maximum absolute atomic E-state index is 12.6. The number of ether oxygens (including phenoxy) is 2. The molecule has 6 heteroatoms. The Bertz CT molecular complexity index is 643. The summed E-state index contributed by atoms with van der Waals surface area (Å²) in [5.41, 5.74) is 0. The van der Waals surface area contributed by atoms with E-state index in [1.54, 1.807) is 0 Å². The third kappa shape index (κ3) is 32.8. The number of esters is 2. The Morgan fingerprint density at radius 2 is 0.913 bits per heavy atom. The minimum atomic E-state index is -0.0377. The van der Waals surface area contributed by atoms with Gasteiger partial charge in [-0.1, -0.05) is 136 Å². The Balaban J connectivity index is 3.95. The highest BCUT2D eigenvalue weighted by molar-refractivity contribution is 5.69. The average Bonchev–Trinajstić information content (AvgIpc) is 3.05. The number of hydrogen-bond donors (Lipinski definition) is 1. The molecule has 0 rings (SSSR count). The van der Waals surface area contributed by atoms with Crippen LogP contribution in [-0.2, 0) is 19.1 Å². The summed E-state index contributed by atoms with van der Waals surface area (Å²) in [7, 11) is 0. The van der Waals surface area contributed by atoms with Crippen LogP contribution in [0.1, 0.15) is 207 Å². The van der Waals surface area contributed by atoms with E-state index >= 15 is 0 Å². The van der Waals surface area contributed by atoms with Crippen LogP contribution in [-0.4, -0.2) is 60.9 Å². The summed E-state index contributed by atoms with van der Waals surface area (Å²) < 4.78 is 11.3. The van der Waals surface area contributed by atoms with Crippen molar-refractivity contribution in [2.24, 2.45) is 0 Å². The molecule has 0 aliphatic heterocycles. The van der Waals surface area contributed by atoms with Crippen LogP contribution in [0.4, 0.5) is 0 Å². The van der Waals surface area contributed by atoms with Gasteiger partial charge in [0.05, 0.1) is 13.2 Å². The number of aliphatic hydroxyl groups excluding tert-OH is 1. The number of rotatable bonds is 37. The molecule has 0 saturated heterocycles. The monoisotopic (exact) mass is 654 g/mol. The molecule has 6 nitrogen and oxygen atoms in total. The van der Waals surface area contributed by atoms with Gasteiger partial charge < -0.3 is 19.5 Å². The van der Waals surface area contributed by atoms with E-state index in [9.17, 15) is 14.7 Å². The van der Waals surface area contributed by atoms with Gasteiger partial charge in [0, 0.05) is 19.4 Å². The second-order valence-electron chi connectivity index (χ2n) is 13.8. The van der Waals surface area contributed by atoms with E-state index < -0.39 is 0 Å². The molecule has 0 heterocycles. The Hall–Kier alpha value is -1.14. The first-order valence-corrected chi connectivity index (χ1v) is 20.3. The van der Waals surface area contributed by atoms with E-state index in [2.05, 4.69) is 25.7 Å². The van der Waals surface area contributed by atoms with Crippen LogP contribution in [0.2, 0.25) is 0 Å². The second kappa shape index (κ2) is 36.7. The molecule has 0 bridgehead atoms. The fourth-order valence-electron chi connectivity index (χ4n) is 6.17. The number of hydrogen-bond acceptors (Lipinski definition) is 6. The van der Waals surface area contributed by atoms with Gasteiger partial charge in [0.25, 0.3) is 0 Å². The predicted octanol–water partition coefficient (Wildman–Crippen LogP) is 11.1. The molecule has 274 valence electrons. The Kier molecular flexibility index (Phi) is 35.8. The molecule has 1 unspecified atom stereocenters. The van der Waals surface area contributed by atoms with Crippen LogP contribution in [0.15, 0.2) is 0 Å². The van der Waals surface area contributed by atoms with Crippen molar-refractivity contribution < 1.29 is 24.2 Å². The van der Waals surface area contributed by atoms with Crippen LogP contribution >= 0.6 is 0 Å². The molecular weight excluding hydrogens is 574 g/mol. The van der Waals surface area contributed by atoms with Crippen molar-refractivity contribution in [1.82, 2.24) is 4.90 Å². The van der Waals surface area contributed by atoms with Gasteiger partial charge in [0.2, 0.25) is 0 Å². The van der Waals surface area contributed by atoms with Crippen molar-refractivity contribution in [3.05, 3.63) is 0 Å². The molecule has 0 aromatic rings. The van der Waals surface area contributed by atoms with E-state index in [4.69, 9.17) is 9.47 Å². The third-order valence-electron chi connectivity index (χ3n) is 9.20. The summed E-state index contributed by atoms with van der Waals surface area (Å²) in [4.78, 5) is 26.8. The largest absolute Gasteiger partial charge is 0.466 e. The molecule has 0 aromatic carbocycles. The molecule has 0 aliphatic carbocycles. The molecule has 1 atom stereocenters. The van der Waals surface area contributed by atoms with Gasteiger partial charge in [-0.3, -0.25) is 9.59 Å². The molecule has 1 N–H and O–H groups in total. The maximum Gasteiger partial charge on any atom is 0.306 e. The van der Waals surface area contributed by atoms with E-state index in [0.717, 1.165) is 90.3 Å². The van der Waals surface area contributed by atoms with Crippen LogP contribution in [0, 0.1) is 0 Å². The molecule has 0 aromatic heterocycles. The van der Waals surface area contributed by atoms with E-state index in [1.807, 2.05) is 0 Å². The van der Waals surface area contributed by atoms with Gasteiger partial charge >= 0.3 is 11.9 Å². The fraction of sp³-hybridized carbons (Fsp3) is 0.950. The summed E-state index contributed by atoms with van der Waals surface area (Å²) >= 11 is 0. The van der Waals surface area contributed by atoms with Crippen LogP contribution < -0.4 is 0 Å². The lowest BCUT2D eigenvalue weighted by molar-refractivity contribution is -0.150. The quantitative estimate of drug-likeness (QED) is 0.0531. The number of nitrogens with zero attached hydrogens (tertiary/aromatic N) is 1. The van der Waals surface area contributed by atoms with Gasteiger partial charge in [-0.25, -0.2) is 0 Å². The van der Waals surface area contributed by atoms with Crippen LogP contribution in [0.3, 0.4) is 0 Å². The smallest absolute Gasteiger partial charge is 0.306 e. The zero-order valence-electron chi connectivity index (χ0n) is 31.1. The zero-order chi connectivity index (χ0) is 33.8. The highest BCUT2D eigenvalue weighted by Crippen LogP contribution is 2.18. The minimum Gasteiger partial charge on any atom is -0.466 e. The first kappa shape index (κ1) is 44.9. The van der Waals surface area contributed by atoms with Crippen molar-refractivity contribution in [2.75, 3.05) is 32.8 Å². The van der Waals surface area contributed by atoms with Crippen molar-refractivity contribution in [3.63, 3.8) is 0 Å². The van der Waals surface area contributed by atoms with Crippen molar-refractivity contribution in [1.29, 1.82) is 0 Å². The Morgan fingerprint density at radius 1 is 0.500 bits per heavy atom. The molecule has 0 radical (unpaired) electrons. The van der Waals surface area contributed by atoms with Crippen LogP contribution in [0.25, 0.3) is 0 Å². The number of carbonyl (C=O) groups excluding carboxylic acids is 2. The Morgan fingerprint density at radius 3 is 1.43 bits per heavy atom. The van der Waals surface area contributed by atoms with Gasteiger partial charge in [-0.05, 0) is 70.9 Å². The van der Waals surface area contributed by atoms with Crippen LogP contribution in [0.5, 0.6) is 0 Å². The molecule has 0 aliphatic rings. The number of aliphatic hydroxyl groups is 1. The molecule has 0 saturated carbocycles. The fourth-order valence-corrected chi connectivity index (χ4v) is 6.17. The van der Waals surface area contributed by atoms with Crippen molar-refractivity contribution in [2.45, 2.75) is 213 Å². The molecule has 0 spiro atoms. The lowest BCUT2D eigenvalue weighted by Crippen LogP contribution is -2.29. The lowest BCUT2D eigenvalue weighted by Gasteiger charge is -2.21. The van der Waals surface area contributed by atoms with E-state index in [1.165, 1.54) is 103 Å². The summed E-state index contributed by atoms with van der Waals surface area (Å²) in [5, 5.41) is 9.50.